The fourth-order valence-corrected chi connectivity index (χ4v) is 1.74. The van der Waals surface area contributed by atoms with E-state index in [0.29, 0.717) is 5.92 Å². The van der Waals surface area contributed by atoms with Crippen LogP contribution in [0.5, 0.6) is 0 Å². The molecule has 1 atom stereocenters. The Kier molecular flexibility index (Phi) is 3.17. The van der Waals surface area contributed by atoms with Crippen molar-refractivity contribution in [2.75, 3.05) is 0 Å². The van der Waals surface area contributed by atoms with Gasteiger partial charge in [-0.1, -0.05) is 13.8 Å². The van der Waals surface area contributed by atoms with Crippen LogP contribution in [0, 0.1) is 12.8 Å². The van der Waals surface area contributed by atoms with Crippen LogP contribution >= 0.6 is 11.5 Å². The van der Waals surface area contributed by atoms with Crippen molar-refractivity contribution in [2.24, 2.45) is 11.7 Å². The van der Waals surface area contributed by atoms with Crippen LogP contribution in [0.3, 0.4) is 0 Å². The highest BCUT2D eigenvalue weighted by atomic mass is 32.1. The molecular formula is C8H15N3S. The summed E-state index contributed by atoms with van der Waals surface area (Å²) >= 11 is 1.41. The van der Waals surface area contributed by atoms with Crippen molar-refractivity contribution < 1.29 is 0 Å². The van der Waals surface area contributed by atoms with Crippen LogP contribution in [0.2, 0.25) is 0 Å². The summed E-state index contributed by atoms with van der Waals surface area (Å²) in [5, 5.41) is 0.959. The molecule has 3 nitrogen and oxygen atoms in total. The molecule has 12 heavy (non-hydrogen) atoms. The molecule has 0 aliphatic carbocycles. The Labute approximate surface area is 77.2 Å². The summed E-state index contributed by atoms with van der Waals surface area (Å²) in [4.78, 5) is 4.25. The van der Waals surface area contributed by atoms with Crippen molar-refractivity contribution in [3.8, 4) is 0 Å². The summed E-state index contributed by atoms with van der Waals surface area (Å²) in [6.07, 6.45) is 0.981. The van der Waals surface area contributed by atoms with Gasteiger partial charge < -0.3 is 5.73 Å². The molecule has 4 heteroatoms. The summed E-state index contributed by atoms with van der Waals surface area (Å²) in [6, 6.07) is 0.0659. The lowest BCUT2D eigenvalue weighted by Crippen LogP contribution is -2.12. The van der Waals surface area contributed by atoms with Crippen molar-refractivity contribution in [1.29, 1.82) is 0 Å². The Balaban J connectivity index is 2.58. The molecule has 2 N–H and O–H groups in total. The molecule has 0 spiro atoms. The molecule has 0 bridgehead atoms. The molecule has 0 saturated carbocycles. The van der Waals surface area contributed by atoms with E-state index < -0.39 is 0 Å². The largest absolute Gasteiger partial charge is 0.322 e. The van der Waals surface area contributed by atoms with E-state index in [1.165, 1.54) is 11.5 Å². The van der Waals surface area contributed by atoms with E-state index in [9.17, 15) is 0 Å². The maximum Gasteiger partial charge on any atom is 0.139 e. The fraction of sp³-hybridized carbons (Fsp3) is 0.750. The number of nitrogens with zero attached hydrogens (tertiary/aromatic N) is 2. The minimum Gasteiger partial charge on any atom is -0.322 e. The molecule has 0 aliphatic rings. The van der Waals surface area contributed by atoms with Crippen molar-refractivity contribution >= 4 is 11.5 Å². The van der Waals surface area contributed by atoms with Gasteiger partial charge in [0, 0.05) is 0 Å². The molecule has 0 radical (unpaired) electrons. The highest BCUT2D eigenvalue weighted by Crippen LogP contribution is 2.19. The lowest BCUT2D eigenvalue weighted by atomic mass is 10.1. The van der Waals surface area contributed by atoms with E-state index in [1.807, 2.05) is 6.92 Å². The van der Waals surface area contributed by atoms with Crippen LogP contribution in [-0.2, 0) is 0 Å². The van der Waals surface area contributed by atoms with Gasteiger partial charge in [-0.2, -0.15) is 4.37 Å². The Bertz CT molecular complexity index is 244. The van der Waals surface area contributed by atoms with Crippen LogP contribution < -0.4 is 5.73 Å². The van der Waals surface area contributed by atoms with Gasteiger partial charge in [-0.25, -0.2) is 4.98 Å². The van der Waals surface area contributed by atoms with Crippen LogP contribution in [0.15, 0.2) is 0 Å². The molecule has 1 aromatic rings. The standard InChI is InChI=1S/C8H15N3S/c1-5(2)4-7(9)8-10-6(3)11-12-8/h5,7H,4,9H2,1-3H3/t7-/m1/s1. The first-order valence-electron chi connectivity index (χ1n) is 4.15. The van der Waals surface area contributed by atoms with E-state index in [-0.39, 0.29) is 6.04 Å². The van der Waals surface area contributed by atoms with Crippen molar-refractivity contribution in [1.82, 2.24) is 9.36 Å². The van der Waals surface area contributed by atoms with Crippen LogP contribution in [0.4, 0.5) is 0 Å². The zero-order valence-corrected chi connectivity index (χ0v) is 8.56. The van der Waals surface area contributed by atoms with Gasteiger partial charge in [-0.05, 0) is 30.8 Å². The van der Waals surface area contributed by atoms with Crippen molar-refractivity contribution in [3.63, 3.8) is 0 Å². The highest BCUT2D eigenvalue weighted by Gasteiger charge is 2.12. The monoisotopic (exact) mass is 185 g/mol. The van der Waals surface area contributed by atoms with Gasteiger partial charge in [-0.3, -0.25) is 0 Å². The first-order valence-corrected chi connectivity index (χ1v) is 4.92. The number of hydrogen-bond donors (Lipinski definition) is 1. The third-order valence-corrected chi connectivity index (χ3v) is 2.52. The molecule has 68 valence electrons. The third kappa shape index (κ3) is 2.53. The summed E-state index contributed by atoms with van der Waals surface area (Å²) in [5.74, 6) is 1.44. The van der Waals surface area contributed by atoms with Crippen LogP contribution in [-0.4, -0.2) is 9.36 Å². The van der Waals surface area contributed by atoms with E-state index in [2.05, 4.69) is 23.2 Å². The predicted molar refractivity (Wildman–Crippen MR) is 51.0 cm³/mol. The lowest BCUT2D eigenvalue weighted by molar-refractivity contribution is 0.508. The zero-order valence-electron chi connectivity index (χ0n) is 7.74. The fourth-order valence-electron chi connectivity index (χ4n) is 1.07. The molecule has 1 heterocycles. The minimum absolute atomic E-state index is 0.0659. The molecule has 0 saturated heterocycles. The Morgan fingerprint density at radius 2 is 2.17 bits per heavy atom. The second kappa shape index (κ2) is 3.96. The number of aryl methyl sites for hydroxylation is 1. The number of aromatic nitrogens is 2. The Morgan fingerprint density at radius 3 is 2.58 bits per heavy atom. The van der Waals surface area contributed by atoms with Gasteiger partial charge in [0.15, 0.2) is 0 Å². The summed E-state index contributed by atoms with van der Waals surface area (Å²) in [6.45, 7) is 6.21. The average Bonchev–Trinajstić information content (AvgIpc) is 2.34. The number of nitrogens with two attached hydrogens (primary N) is 1. The quantitative estimate of drug-likeness (QED) is 0.782. The van der Waals surface area contributed by atoms with E-state index in [0.717, 1.165) is 17.3 Å². The second-order valence-electron chi connectivity index (χ2n) is 3.42. The average molecular weight is 185 g/mol. The summed E-state index contributed by atoms with van der Waals surface area (Å²) in [7, 11) is 0. The molecule has 0 aromatic carbocycles. The van der Waals surface area contributed by atoms with E-state index in [4.69, 9.17) is 5.73 Å². The van der Waals surface area contributed by atoms with Crippen molar-refractivity contribution in [2.45, 2.75) is 33.2 Å². The van der Waals surface area contributed by atoms with Gasteiger partial charge in [0.1, 0.15) is 10.8 Å². The Hall–Kier alpha value is -0.480. The number of rotatable bonds is 3. The SMILES string of the molecule is Cc1nsc([C@H](N)CC(C)C)n1. The van der Waals surface area contributed by atoms with Gasteiger partial charge in [0.25, 0.3) is 0 Å². The highest BCUT2D eigenvalue weighted by molar-refractivity contribution is 7.05. The van der Waals surface area contributed by atoms with Gasteiger partial charge >= 0.3 is 0 Å². The summed E-state index contributed by atoms with van der Waals surface area (Å²) < 4.78 is 4.10. The van der Waals surface area contributed by atoms with Gasteiger partial charge in [0.05, 0.1) is 6.04 Å². The van der Waals surface area contributed by atoms with E-state index in [1.54, 1.807) is 0 Å². The smallest absolute Gasteiger partial charge is 0.139 e. The molecule has 0 aliphatic heterocycles. The van der Waals surface area contributed by atoms with Crippen molar-refractivity contribution in [3.05, 3.63) is 10.8 Å². The molecule has 0 fully saturated rings. The minimum atomic E-state index is 0.0659. The molecule has 1 rings (SSSR count). The molecule has 0 amide bonds. The van der Waals surface area contributed by atoms with Crippen LogP contribution in [0.25, 0.3) is 0 Å². The van der Waals surface area contributed by atoms with Gasteiger partial charge in [0.2, 0.25) is 0 Å². The molecule has 0 unspecified atom stereocenters. The topological polar surface area (TPSA) is 51.8 Å². The lowest BCUT2D eigenvalue weighted by Gasteiger charge is -2.09. The molecule has 1 aromatic heterocycles. The maximum atomic E-state index is 5.92. The first kappa shape index (κ1) is 9.61. The maximum absolute atomic E-state index is 5.92. The zero-order chi connectivity index (χ0) is 9.14. The van der Waals surface area contributed by atoms with Crippen LogP contribution in [0.1, 0.15) is 37.1 Å². The third-order valence-electron chi connectivity index (χ3n) is 1.59. The van der Waals surface area contributed by atoms with E-state index >= 15 is 0 Å². The van der Waals surface area contributed by atoms with Gasteiger partial charge in [-0.15, -0.1) is 0 Å². The normalized spacial score (nSPS) is 13.8. The first-order chi connectivity index (χ1) is 5.59. The summed E-state index contributed by atoms with van der Waals surface area (Å²) in [5.41, 5.74) is 5.92. The Morgan fingerprint density at radius 1 is 1.50 bits per heavy atom. The molecular weight excluding hydrogens is 170 g/mol. The second-order valence-corrected chi connectivity index (χ2v) is 4.20. The predicted octanol–water partition coefficient (Wildman–Crippen LogP) is 1.89. The number of hydrogen-bond acceptors (Lipinski definition) is 4.